The first kappa shape index (κ1) is 14.6. The Morgan fingerprint density at radius 3 is 2.86 bits per heavy atom. The molecule has 1 atom stereocenters. The fraction of sp³-hybridized carbons (Fsp3) is 0.571. The molecule has 0 saturated carbocycles. The van der Waals surface area contributed by atoms with E-state index < -0.39 is 10.0 Å². The maximum Gasteiger partial charge on any atom is 0.244 e. The molecule has 21 heavy (non-hydrogen) atoms. The molecular weight excluding hydrogens is 292 g/mol. The predicted molar refractivity (Wildman–Crippen MR) is 78.8 cm³/mol. The third-order valence-corrected chi connectivity index (χ3v) is 5.29. The SMILES string of the molecule is Nc1cc2c(c(S(=O)(=O)NC3CCCOC3)c1)OCCC2. The Kier molecular flexibility index (Phi) is 4.05. The van der Waals surface area contributed by atoms with Crippen molar-refractivity contribution in [3.63, 3.8) is 0 Å². The molecule has 116 valence electrons. The molecule has 0 spiro atoms. The Balaban J connectivity index is 1.92. The molecule has 3 rings (SSSR count). The molecule has 6 nitrogen and oxygen atoms in total. The molecule has 3 N–H and O–H groups in total. The number of sulfonamides is 1. The van der Waals surface area contributed by atoms with Crippen LogP contribution in [0.25, 0.3) is 0 Å². The van der Waals surface area contributed by atoms with Crippen LogP contribution in [-0.4, -0.2) is 34.3 Å². The van der Waals surface area contributed by atoms with Gasteiger partial charge in [-0.1, -0.05) is 0 Å². The monoisotopic (exact) mass is 312 g/mol. The second-order valence-corrected chi connectivity index (χ2v) is 7.18. The Hall–Kier alpha value is -1.31. The summed E-state index contributed by atoms with van der Waals surface area (Å²) in [5.41, 5.74) is 7.15. The average molecular weight is 312 g/mol. The molecule has 2 aliphatic rings. The van der Waals surface area contributed by atoms with Crippen molar-refractivity contribution in [2.45, 2.75) is 36.6 Å². The van der Waals surface area contributed by atoms with Crippen LogP contribution in [0.2, 0.25) is 0 Å². The summed E-state index contributed by atoms with van der Waals surface area (Å²) in [5, 5.41) is 0. The van der Waals surface area contributed by atoms with Crippen molar-refractivity contribution in [1.29, 1.82) is 0 Å². The van der Waals surface area contributed by atoms with Crippen molar-refractivity contribution >= 4 is 15.7 Å². The van der Waals surface area contributed by atoms with E-state index in [1.807, 2.05) is 0 Å². The summed E-state index contributed by atoms with van der Waals surface area (Å²) in [6, 6.07) is 3.07. The van der Waals surface area contributed by atoms with E-state index >= 15 is 0 Å². The van der Waals surface area contributed by atoms with Crippen LogP contribution in [0.1, 0.15) is 24.8 Å². The first-order chi connectivity index (χ1) is 10.1. The van der Waals surface area contributed by atoms with Gasteiger partial charge < -0.3 is 15.2 Å². The first-order valence-corrected chi connectivity index (χ1v) is 8.70. The number of benzene rings is 1. The maximum atomic E-state index is 12.6. The van der Waals surface area contributed by atoms with Gasteiger partial charge in [-0.15, -0.1) is 0 Å². The molecule has 0 aliphatic carbocycles. The quantitative estimate of drug-likeness (QED) is 0.814. The molecule has 1 aromatic carbocycles. The third kappa shape index (κ3) is 3.14. The van der Waals surface area contributed by atoms with Gasteiger partial charge in [-0.05, 0) is 43.4 Å². The van der Waals surface area contributed by atoms with Crippen LogP contribution < -0.4 is 15.2 Å². The number of rotatable bonds is 3. The van der Waals surface area contributed by atoms with Crippen molar-refractivity contribution in [2.75, 3.05) is 25.6 Å². The fourth-order valence-electron chi connectivity index (χ4n) is 2.79. The van der Waals surface area contributed by atoms with E-state index in [1.165, 1.54) is 6.07 Å². The molecule has 1 unspecified atom stereocenters. The minimum atomic E-state index is -3.66. The molecule has 0 amide bonds. The van der Waals surface area contributed by atoms with Crippen molar-refractivity contribution in [3.05, 3.63) is 17.7 Å². The van der Waals surface area contributed by atoms with Crippen LogP contribution in [0, 0.1) is 0 Å². The van der Waals surface area contributed by atoms with Crippen molar-refractivity contribution in [2.24, 2.45) is 0 Å². The van der Waals surface area contributed by atoms with Crippen molar-refractivity contribution < 1.29 is 17.9 Å². The molecule has 0 bridgehead atoms. The Labute approximate surface area is 124 Å². The van der Waals surface area contributed by atoms with E-state index in [9.17, 15) is 8.42 Å². The number of fused-ring (bicyclic) bond motifs is 1. The second kappa shape index (κ2) is 5.82. The van der Waals surface area contributed by atoms with Crippen LogP contribution >= 0.6 is 0 Å². The van der Waals surface area contributed by atoms with Gasteiger partial charge in [0.1, 0.15) is 10.6 Å². The first-order valence-electron chi connectivity index (χ1n) is 7.21. The second-order valence-electron chi connectivity index (χ2n) is 5.49. The highest BCUT2D eigenvalue weighted by Gasteiger charge is 2.28. The molecular formula is C14H20N2O4S. The highest BCUT2D eigenvalue weighted by atomic mass is 32.2. The molecule has 2 heterocycles. The van der Waals surface area contributed by atoms with Crippen molar-refractivity contribution in [3.8, 4) is 5.75 Å². The topological polar surface area (TPSA) is 90.7 Å². The van der Waals surface area contributed by atoms with Crippen LogP contribution in [0.4, 0.5) is 5.69 Å². The van der Waals surface area contributed by atoms with Crippen molar-refractivity contribution in [1.82, 2.24) is 4.72 Å². The van der Waals surface area contributed by atoms with E-state index in [4.69, 9.17) is 15.2 Å². The zero-order valence-electron chi connectivity index (χ0n) is 11.8. The van der Waals surface area contributed by atoms with Gasteiger partial charge in [-0.2, -0.15) is 0 Å². The third-order valence-electron chi connectivity index (χ3n) is 3.76. The Morgan fingerprint density at radius 2 is 2.10 bits per heavy atom. The minimum Gasteiger partial charge on any atom is -0.492 e. The van der Waals surface area contributed by atoms with Gasteiger partial charge in [0.15, 0.2) is 0 Å². The lowest BCUT2D eigenvalue weighted by molar-refractivity contribution is 0.0774. The Morgan fingerprint density at radius 1 is 1.24 bits per heavy atom. The number of nitrogens with one attached hydrogen (secondary N) is 1. The number of hydrogen-bond donors (Lipinski definition) is 2. The fourth-order valence-corrected chi connectivity index (χ4v) is 4.26. The lowest BCUT2D eigenvalue weighted by Crippen LogP contribution is -2.40. The summed E-state index contributed by atoms with van der Waals surface area (Å²) in [5.74, 6) is 0.444. The molecule has 0 radical (unpaired) electrons. The van der Waals surface area contributed by atoms with Gasteiger partial charge >= 0.3 is 0 Å². The van der Waals surface area contributed by atoms with E-state index in [2.05, 4.69) is 4.72 Å². The average Bonchev–Trinajstić information content (AvgIpc) is 2.47. The van der Waals surface area contributed by atoms with Crippen LogP contribution in [0.5, 0.6) is 5.75 Å². The molecule has 2 aliphatic heterocycles. The molecule has 1 saturated heterocycles. The van der Waals surface area contributed by atoms with Crippen LogP contribution in [0.3, 0.4) is 0 Å². The van der Waals surface area contributed by atoms with Crippen LogP contribution in [0.15, 0.2) is 17.0 Å². The Bertz CT molecular complexity index is 624. The van der Waals surface area contributed by atoms with Crippen LogP contribution in [-0.2, 0) is 21.2 Å². The zero-order valence-corrected chi connectivity index (χ0v) is 12.6. The normalized spacial score (nSPS) is 22.4. The summed E-state index contributed by atoms with van der Waals surface area (Å²) in [6.07, 6.45) is 3.30. The van der Waals surface area contributed by atoms with Gasteiger partial charge in [-0.3, -0.25) is 0 Å². The lowest BCUT2D eigenvalue weighted by atomic mass is 10.1. The van der Waals surface area contributed by atoms with Gasteiger partial charge in [0, 0.05) is 18.3 Å². The summed E-state index contributed by atoms with van der Waals surface area (Å²) in [4.78, 5) is 0.141. The van der Waals surface area contributed by atoms with Gasteiger partial charge in [-0.25, -0.2) is 13.1 Å². The van der Waals surface area contributed by atoms with E-state index in [1.54, 1.807) is 6.07 Å². The molecule has 0 aromatic heterocycles. The molecule has 1 aromatic rings. The van der Waals surface area contributed by atoms with E-state index in [0.29, 0.717) is 31.3 Å². The standard InChI is InChI=1S/C14H20N2O4S/c15-11-7-10-3-1-6-20-14(10)13(8-11)21(17,18)16-12-4-2-5-19-9-12/h7-8,12,16H,1-6,9,15H2. The minimum absolute atomic E-state index is 0.141. The zero-order chi connectivity index (χ0) is 14.9. The summed E-state index contributed by atoms with van der Waals surface area (Å²) >= 11 is 0. The van der Waals surface area contributed by atoms with E-state index in [-0.39, 0.29) is 10.9 Å². The van der Waals surface area contributed by atoms with E-state index in [0.717, 1.165) is 31.2 Å². The van der Waals surface area contributed by atoms with Gasteiger partial charge in [0.2, 0.25) is 10.0 Å². The smallest absolute Gasteiger partial charge is 0.244 e. The molecule has 1 fully saturated rings. The maximum absolute atomic E-state index is 12.6. The summed E-state index contributed by atoms with van der Waals surface area (Å²) < 4.78 is 38.8. The molecule has 7 heteroatoms. The number of nitrogens with two attached hydrogens (primary N) is 1. The number of nitrogen functional groups attached to an aromatic ring is 1. The number of aryl methyl sites for hydroxylation is 1. The highest BCUT2D eigenvalue weighted by molar-refractivity contribution is 7.89. The summed E-state index contributed by atoms with van der Waals surface area (Å²) in [7, 11) is -3.66. The van der Waals surface area contributed by atoms with Gasteiger partial charge in [0.25, 0.3) is 0 Å². The predicted octanol–water partition coefficient (Wildman–Crippen LogP) is 1.05. The number of hydrogen-bond acceptors (Lipinski definition) is 5. The highest BCUT2D eigenvalue weighted by Crippen LogP contribution is 2.34. The largest absolute Gasteiger partial charge is 0.492 e. The summed E-state index contributed by atoms with van der Waals surface area (Å²) in [6.45, 7) is 1.63. The number of ether oxygens (including phenoxy) is 2. The lowest BCUT2D eigenvalue weighted by Gasteiger charge is -2.25. The van der Waals surface area contributed by atoms with Gasteiger partial charge in [0.05, 0.1) is 13.2 Å². The number of anilines is 1.